The van der Waals surface area contributed by atoms with Gasteiger partial charge in [-0.1, -0.05) is 26.2 Å². The van der Waals surface area contributed by atoms with Gasteiger partial charge in [-0.15, -0.1) is 0 Å². The summed E-state index contributed by atoms with van der Waals surface area (Å²) in [5.74, 6) is 0.726. The van der Waals surface area contributed by atoms with Crippen LogP contribution in [0.4, 0.5) is 0 Å². The van der Waals surface area contributed by atoms with Gasteiger partial charge in [0, 0.05) is 32.2 Å². The molecule has 2 atom stereocenters. The van der Waals surface area contributed by atoms with Crippen molar-refractivity contribution in [3.05, 3.63) is 0 Å². The van der Waals surface area contributed by atoms with Gasteiger partial charge in [-0.25, -0.2) is 0 Å². The summed E-state index contributed by atoms with van der Waals surface area (Å²) >= 11 is 0. The lowest BCUT2D eigenvalue weighted by Gasteiger charge is -2.36. The number of hydrogen-bond donors (Lipinski definition) is 1. The molecule has 3 fully saturated rings. The molecule has 2 unspecified atom stereocenters. The smallest absolute Gasteiger partial charge is 0.242 e. The topological polar surface area (TPSA) is 58.8 Å². The molecule has 2 aliphatic heterocycles. The quantitative estimate of drug-likeness (QED) is 0.820. The number of hydrogen-bond acceptors (Lipinski definition) is 4. The SMILES string of the molecule is CC1CN(C(=O)C2(N)CCCCC2)CC1N1CCOCC1. The maximum Gasteiger partial charge on any atom is 0.242 e. The summed E-state index contributed by atoms with van der Waals surface area (Å²) in [6, 6.07) is 0.477. The zero-order valence-electron chi connectivity index (χ0n) is 13.2. The Morgan fingerprint density at radius 2 is 1.81 bits per heavy atom. The first-order valence-electron chi connectivity index (χ1n) is 8.50. The Kier molecular flexibility index (Phi) is 4.52. The number of ether oxygens (including phenoxy) is 1. The number of nitrogens with zero attached hydrogens (tertiary/aromatic N) is 2. The van der Waals surface area contributed by atoms with Crippen LogP contribution in [-0.4, -0.2) is 66.7 Å². The van der Waals surface area contributed by atoms with E-state index in [1.54, 1.807) is 0 Å². The maximum atomic E-state index is 12.9. The second-order valence-corrected chi connectivity index (χ2v) is 7.12. The van der Waals surface area contributed by atoms with Crippen LogP contribution in [0.25, 0.3) is 0 Å². The first-order valence-corrected chi connectivity index (χ1v) is 8.50. The van der Waals surface area contributed by atoms with Crippen LogP contribution in [0.5, 0.6) is 0 Å². The molecule has 1 saturated carbocycles. The third-order valence-electron chi connectivity index (χ3n) is 5.55. The van der Waals surface area contributed by atoms with E-state index in [9.17, 15) is 4.79 Å². The van der Waals surface area contributed by atoms with E-state index in [0.29, 0.717) is 12.0 Å². The average molecular weight is 295 g/mol. The zero-order valence-corrected chi connectivity index (χ0v) is 13.2. The van der Waals surface area contributed by atoms with E-state index in [1.165, 1.54) is 6.42 Å². The lowest BCUT2D eigenvalue weighted by atomic mass is 9.81. The summed E-state index contributed by atoms with van der Waals surface area (Å²) in [5.41, 5.74) is 5.84. The molecule has 2 heterocycles. The second kappa shape index (κ2) is 6.23. The molecule has 0 spiro atoms. The predicted molar refractivity (Wildman–Crippen MR) is 81.9 cm³/mol. The highest BCUT2D eigenvalue weighted by molar-refractivity contribution is 5.86. The van der Waals surface area contributed by atoms with Crippen LogP contribution in [0, 0.1) is 5.92 Å². The van der Waals surface area contributed by atoms with Crippen molar-refractivity contribution in [3.63, 3.8) is 0 Å². The first kappa shape index (κ1) is 15.3. The Morgan fingerprint density at radius 1 is 1.14 bits per heavy atom. The van der Waals surface area contributed by atoms with Crippen molar-refractivity contribution in [1.82, 2.24) is 9.80 Å². The largest absolute Gasteiger partial charge is 0.379 e. The van der Waals surface area contributed by atoms with Crippen molar-refractivity contribution in [3.8, 4) is 0 Å². The summed E-state index contributed by atoms with van der Waals surface area (Å²) in [6.45, 7) is 7.59. The fourth-order valence-electron chi connectivity index (χ4n) is 4.21. The van der Waals surface area contributed by atoms with Crippen molar-refractivity contribution in [2.45, 2.75) is 50.6 Å². The van der Waals surface area contributed by atoms with Crippen LogP contribution < -0.4 is 5.73 Å². The number of amides is 1. The highest BCUT2D eigenvalue weighted by Crippen LogP contribution is 2.31. The van der Waals surface area contributed by atoms with E-state index in [4.69, 9.17) is 10.5 Å². The van der Waals surface area contributed by atoms with Crippen molar-refractivity contribution in [2.24, 2.45) is 11.7 Å². The molecule has 1 aliphatic carbocycles. The molecule has 2 N–H and O–H groups in total. The van der Waals surface area contributed by atoms with Crippen molar-refractivity contribution in [1.29, 1.82) is 0 Å². The molecule has 0 bridgehead atoms. The lowest BCUT2D eigenvalue weighted by Crippen LogP contribution is -2.56. The maximum absolute atomic E-state index is 12.9. The summed E-state index contributed by atoms with van der Waals surface area (Å²) in [6.07, 6.45) is 5.13. The van der Waals surface area contributed by atoms with E-state index in [1.807, 2.05) is 4.90 Å². The molecular formula is C16H29N3O2. The van der Waals surface area contributed by atoms with Gasteiger partial charge < -0.3 is 15.4 Å². The van der Waals surface area contributed by atoms with E-state index in [-0.39, 0.29) is 5.91 Å². The highest BCUT2D eigenvalue weighted by atomic mass is 16.5. The van der Waals surface area contributed by atoms with Crippen LogP contribution in [0.3, 0.4) is 0 Å². The van der Waals surface area contributed by atoms with Gasteiger partial charge in [-0.3, -0.25) is 9.69 Å². The van der Waals surface area contributed by atoms with Crippen LogP contribution >= 0.6 is 0 Å². The third-order valence-corrected chi connectivity index (χ3v) is 5.55. The van der Waals surface area contributed by atoms with E-state index in [2.05, 4.69) is 11.8 Å². The van der Waals surface area contributed by atoms with Gasteiger partial charge in [0.25, 0.3) is 0 Å². The van der Waals surface area contributed by atoms with Gasteiger partial charge in [-0.05, 0) is 18.8 Å². The van der Waals surface area contributed by atoms with Crippen molar-refractivity contribution < 1.29 is 9.53 Å². The van der Waals surface area contributed by atoms with Crippen LogP contribution in [0.2, 0.25) is 0 Å². The van der Waals surface area contributed by atoms with Gasteiger partial charge >= 0.3 is 0 Å². The summed E-state index contributed by atoms with van der Waals surface area (Å²) in [7, 11) is 0. The second-order valence-electron chi connectivity index (χ2n) is 7.12. The van der Waals surface area contributed by atoms with Crippen molar-refractivity contribution >= 4 is 5.91 Å². The minimum Gasteiger partial charge on any atom is -0.379 e. The molecule has 21 heavy (non-hydrogen) atoms. The van der Waals surface area contributed by atoms with Gasteiger partial charge in [0.1, 0.15) is 0 Å². The molecule has 0 aromatic carbocycles. The Labute approximate surface area is 127 Å². The number of likely N-dealkylation sites (tertiary alicyclic amines) is 1. The Bertz CT molecular complexity index is 376. The number of carbonyl (C=O) groups is 1. The molecule has 5 nitrogen and oxygen atoms in total. The van der Waals surface area contributed by atoms with Crippen LogP contribution in [0.1, 0.15) is 39.0 Å². The van der Waals surface area contributed by atoms with Crippen LogP contribution in [-0.2, 0) is 9.53 Å². The predicted octanol–water partition coefficient (Wildman–Crippen LogP) is 0.827. The molecule has 2 saturated heterocycles. The van der Waals surface area contributed by atoms with E-state index in [0.717, 1.165) is 65.1 Å². The minimum absolute atomic E-state index is 0.199. The zero-order chi connectivity index (χ0) is 14.9. The van der Waals surface area contributed by atoms with Crippen molar-refractivity contribution in [2.75, 3.05) is 39.4 Å². The fourth-order valence-corrected chi connectivity index (χ4v) is 4.21. The van der Waals surface area contributed by atoms with Gasteiger partial charge in [0.05, 0.1) is 18.8 Å². The van der Waals surface area contributed by atoms with Gasteiger partial charge in [-0.2, -0.15) is 0 Å². The number of carbonyl (C=O) groups excluding carboxylic acids is 1. The number of rotatable bonds is 2. The molecule has 3 aliphatic rings. The molecule has 0 radical (unpaired) electrons. The van der Waals surface area contributed by atoms with E-state index < -0.39 is 5.54 Å². The summed E-state index contributed by atoms with van der Waals surface area (Å²) in [5, 5.41) is 0. The molecule has 3 rings (SSSR count). The lowest BCUT2D eigenvalue weighted by molar-refractivity contribution is -0.137. The monoisotopic (exact) mass is 295 g/mol. The molecule has 120 valence electrons. The normalized spacial score (nSPS) is 34.1. The highest BCUT2D eigenvalue weighted by Gasteiger charge is 2.43. The fraction of sp³-hybridized carbons (Fsp3) is 0.938. The standard InChI is InChI=1S/C16H29N3O2/c1-13-11-19(12-14(13)18-7-9-21-10-8-18)15(20)16(17)5-3-2-4-6-16/h13-14H,2-12,17H2,1H3. The first-order chi connectivity index (χ1) is 10.1. The Morgan fingerprint density at radius 3 is 2.48 bits per heavy atom. The Hall–Kier alpha value is -0.650. The van der Waals surface area contributed by atoms with Gasteiger partial charge in [0.2, 0.25) is 5.91 Å². The summed E-state index contributed by atoms with van der Waals surface area (Å²) < 4.78 is 5.44. The molecule has 0 aromatic rings. The average Bonchev–Trinajstić information content (AvgIpc) is 2.90. The molecule has 0 aromatic heterocycles. The molecular weight excluding hydrogens is 266 g/mol. The summed E-state index contributed by atoms with van der Waals surface area (Å²) in [4.78, 5) is 17.4. The molecule has 5 heteroatoms. The van der Waals surface area contributed by atoms with E-state index >= 15 is 0 Å². The van der Waals surface area contributed by atoms with Crippen LogP contribution in [0.15, 0.2) is 0 Å². The molecule has 1 amide bonds. The number of nitrogens with two attached hydrogens (primary N) is 1. The Balaban J connectivity index is 1.63. The number of morpholine rings is 1. The minimum atomic E-state index is -0.585. The van der Waals surface area contributed by atoms with Gasteiger partial charge in [0.15, 0.2) is 0 Å². The third kappa shape index (κ3) is 3.10.